The Morgan fingerprint density at radius 1 is 1.25 bits per heavy atom. The van der Waals surface area contributed by atoms with Gasteiger partial charge in [0.25, 0.3) is 0 Å². The smallest absolute Gasteiger partial charge is 0.0635 e. The molecule has 0 heterocycles. The van der Waals surface area contributed by atoms with Gasteiger partial charge in [-0.3, -0.25) is 0 Å². The van der Waals surface area contributed by atoms with Crippen LogP contribution in [0.25, 0.3) is 0 Å². The Bertz CT molecular complexity index is 63.4. The molecule has 0 aliphatic heterocycles. The largest absolute Gasteiger partial charge is 0.333 e. The summed E-state index contributed by atoms with van der Waals surface area (Å²) in [6.45, 7) is 5.33. The first-order valence-corrected chi connectivity index (χ1v) is 6.44. The minimum Gasteiger partial charge on any atom is -0.333 e. The Labute approximate surface area is 52.3 Å². The van der Waals surface area contributed by atoms with Gasteiger partial charge < -0.3 is 11.5 Å². The normalized spacial score (nSPS) is 12.0. The van der Waals surface area contributed by atoms with Gasteiger partial charge in [-0.2, -0.15) is 0 Å². The number of hydrogen-bond acceptors (Lipinski definition) is 2. The first-order chi connectivity index (χ1) is 3.62. The van der Waals surface area contributed by atoms with Crippen LogP contribution in [0.4, 0.5) is 0 Å². The van der Waals surface area contributed by atoms with Crippen molar-refractivity contribution in [2.75, 3.05) is 12.7 Å². The van der Waals surface area contributed by atoms with E-state index in [1.165, 1.54) is 0 Å². The quantitative estimate of drug-likeness (QED) is 0.537. The van der Waals surface area contributed by atoms with Crippen LogP contribution in [-0.2, 0) is 0 Å². The number of hydrogen-bond donors (Lipinski definition) is 2. The summed E-state index contributed by atoms with van der Waals surface area (Å²) in [5.74, 6) is 0. The molecule has 0 saturated heterocycles. The van der Waals surface area contributed by atoms with Crippen molar-refractivity contribution in [3.8, 4) is 0 Å². The van der Waals surface area contributed by atoms with E-state index in [0.717, 1.165) is 18.8 Å². The molecular formula is C5H16N2Si. The predicted octanol–water partition coefficient (Wildman–Crippen LogP) is 0.151. The molecule has 0 aromatic heterocycles. The van der Waals surface area contributed by atoms with E-state index in [0.29, 0.717) is 0 Å². The van der Waals surface area contributed by atoms with E-state index < -0.39 is 8.07 Å². The van der Waals surface area contributed by atoms with Crippen molar-refractivity contribution in [3.05, 3.63) is 0 Å². The molecule has 0 aliphatic rings. The van der Waals surface area contributed by atoms with Crippen LogP contribution in [0.3, 0.4) is 0 Å². The molecule has 0 amide bonds. The van der Waals surface area contributed by atoms with Gasteiger partial charge in [0, 0.05) is 0 Å². The molecule has 0 bridgehead atoms. The standard InChI is InChI=1S/C5H16N2Si/c1-8(2,5-7)4-3-6/h3-7H2,1-2H3. The SMILES string of the molecule is C[Si](C)(CN)CCN. The van der Waals surface area contributed by atoms with Gasteiger partial charge in [-0.15, -0.1) is 0 Å². The third-order valence-electron chi connectivity index (χ3n) is 1.37. The Balaban J connectivity index is 3.37. The molecule has 0 radical (unpaired) electrons. The molecule has 0 atom stereocenters. The Kier molecular flexibility index (Phi) is 3.27. The molecular weight excluding hydrogens is 116 g/mol. The van der Waals surface area contributed by atoms with Gasteiger partial charge in [0.2, 0.25) is 0 Å². The fourth-order valence-corrected chi connectivity index (χ4v) is 1.48. The summed E-state index contributed by atoms with van der Waals surface area (Å²) in [5, 5.41) is 0. The van der Waals surface area contributed by atoms with E-state index >= 15 is 0 Å². The number of nitrogens with two attached hydrogens (primary N) is 2. The van der Waals surface area contributed by atoms with Crippen LogP contribution in [0.1, 0.15) is 0 Å². The summed E-state index contributed by atoms with van der Waals surface area (Å²) in [5.41, 5.74) is 10.9. The lowest BCUT2D eigenvalue weighted by Crippen LogP contribution is -2.38. The third-order valence-corrected chi connectivity index (χ3v) is 4.12. The lowest BCUT2D eigenvalue weighted by atomic mass is 10.8. The van der Waals surface area contributed by atoms with Crippen molar-refractivity contribution in [1.82, 2.24) is 0 Å². The zero-order chi connectivity index (χ0) is 6.62. The summed E-state index contributed by atoms with van der Waals surface area (Å²) >= 11 is 0. The van der Waals surface area contributed by atoms with Gasteiger partial charge in [-0.05, 0) is 18.8 Å². The molecule has 0 aromatic carbocycles. The van der Waals surface area contributed by atoms with E-state index in [9.17, 15) is 0 Å². The van der Waals surface area contributed by atoms with Crippen LogP contribution in [0.15, 0.2) is 0 Å². The van der Waals surface area contributed by atoms with Crippen molar-refractivity contribution in [1.29, 1.82) is 0 Å². The Hall–Kier alpha value is 0.137. The minimum absolute atomic E-state index is 0.802. The summed E-state index contributed by atoms with van der Waals surface area (Å²) in [6.07, 6.45) is 0.865. The van der Waals surface area contributed by atoms with Crippen LogP contribution >= 0.6 is 0 Å². The second kappa shape index (κ2) is 3.22. The van der Waals surface area contributed by atoms with E-state index in [2.05, 4.69) is 13.1 Å². The van der Waals surface area contributed by atoms with Crippen LogP contribution < -0.4 is 11.5 Å². The maximum Gasteiger partial charge on any atom is 0.0635 e. The fraction of sp³-hybridized carbons (Fsp3) is 1.00. The van der Waals surface area contributed by atoms with Crippen LogP contribution in [0, 0.1) is 0 Å². The molecule has 8 heavy (non-hydrogen) atoms. The van der Waals surface area contributed by atoms with Crippen molar-refractivity contribution in [3.63, 3.8) is 0 Å². The summed E-state index contributed by atoms with van der Waals surface area (Å²) < 4.78 is 0. The number of rotatable bonds is 3. The summed E-state index contributed by atoms with van der Waals surface area (Å²) in [7, 11) is -1.02. The van der Waals surface area contributed by atoms with Crippen molar-refractivity contribution < 1.29 is 0 Å². The Morgan fingerprint density at radius 2 is 1.75 bits per heavy atom. The lowest BCUT2D eigenvalue weighted by molar-refractivity contribution is 1.07. The molecule has 50 valence electrons. The Morgan fingerprint density at radius 3 is 1.88 bits per heavy atom. The van der Waals surface area contributed by atoms with Crippen LogP contribution in [0.5, 0.6) is 0 Å². The highest BCUT2D eigenvalue weighted by molar-refractivity contribution is 6.77. The van der Waals surface area contributed by atoms with E-state index in [1.54, 1.807) is 0 Å². The van der Waals surface area contributed by atoms with Gasteiger partial charge >= 0.3 is 0 Å². The van der Waals surface area contributed by atoms with E-state index in [4.69, 9.17) is 11.5 Å². The third kappa shape index (κ3) is 3.18. The lowest BCUT2D eigenvalue weighted by Gasteiger charge is -2.17. The van der Waals surface area contributed by atoms with Crippen molar-refractivity contribution >= 4 is 8.07 Å². The van der Waals surface area contributed by atoms with Gasteiger partial charge in [-0.25, -0.2) is 0 Å². The molecule has 3 heteroatoms. The molecule has 0 rings (SSSR count). The maximum absolute atomic E-state index is 5.50. The molecule has 0 spiro atoms. The predicted molar refractivity (Wildman–Crippen MR) is 40.4 cm³/mol. The highest BCUT2D eigenvalue weighted by Gasteiger charge is 2.15. The average molecular weight is 132 g/mol. The molecule has 0 aromatic rings. The zero-order valence-corrected chi connectivity index (χ0v) is 6.78. The average Bonchev–Trinajstić information content (AvgIpc) is 1.67. The zero-order valence-electron chi connectivity index (χ0n) is 5.78. The molecule has 2 nitrogen and oxygen atoms in total. The minimum atomic E-state index is -1.02. The maximum atomic E-state index is 5.50. The van der Waals surface area contributed by atoms with Gasteiger partial charge in [0.05, 0.1) is 8.07 Å². The van der Waals surface area contributed by atoms with Crippen LogP contribution in [0.2, 0.25) is 19.1 Å². The topological polar surface area (TPSA) is 52.0 Å². The monoisotopic (exact) mass is 132 g/mol. The second-order valence-electron chi connectivity index (χ2n) is 2.91. The van der Waals surface area contributed by atoms with E-state index in [-0.39, 0.29) is 0 Å². The molecule has 0 saturated carbocycles. The van der Waals surface area contributed by atoms with Crippen molar-refractivity contribution in [2.24, 2.45) is 11.5 Å². The second-order valence-corrected chi connectivity index (χ2v) is 8.14. The van der Waals surface area contributed by atoms with Crippen LogP contribution in [-0.4, -0.2) is 20.8 Å². The fourth-order valence-electron chi connectivity index (χ4n) is 0.493. The molecule has 0 unspecified atom stereocenters. The van der Waals surface area contributed by atoms with Crippen molar-refractivity contribution in [2.45, 2.75) is 19.1 Å². The van der Waals surface area contributed by atoms with Gasteiger partial charge in [0.15, 0.2) is 0 Å². The molecule has 4 N–H and O–H groups in total. The van der Waals surface area contributed by atoms with Gasteiger partial charge in [-0.1, -0.05) is 13.1 Å². The molecule has 0 fully saturated rings. The molecule has 0 aliphatic carbocycles. The summed E-state index contributed by atoms with van der Waals surface area (Å²) in [6, 6.07) is 1.16. The highest BCUT2D eigenvalue weighted by Crippen LogP contribution is 2.03. The van der Waals surface area contributed by atoms with E-state index in [1.807, 2.05) is 0 Å². The first kappa shape index (κ1) is 8.14. The summed E-state index contributed by atoms with van der Waals surface area (Å²) in [4.78, 5) is 0. The first-order valence-electron chi connectivity index (χ1n) is 3.02. The van der Waals surface area contributed by atoms with Gasteiger partial charge in [0.1, 0.15) is 0 Å². The highest BCUT2D eigenvalue weighted by atomic mass is 28.3.